The highest BCUT2D eigenvalue weighted by Gasteiger charge is 2.54. The SMILES string of the molecule is [N-]=[N+]=N[C@@H]1C(=O)N(C(C(=O)OO)C(c2ccccc2)c2ccccc2)[C@@H]1CC=O. The summed E-state index contributed by atoms with van der Waals surface area (Å²) in [6, 6.07) is 14.8. The van der Waals surface area contributed by atoms with Crippen molar-refractivity contribution >= 4 is 18.2 Å². The second-order valence-corrected chi connectivity index (χ2v) is 6.52. The molecule has 0 aromatic heterocycles. The highest BCUT2D eigenvalue weighted by Crippen LogP contribution is 2.38. The second-order valence-electron chi connectivity index (χ2n) is 6.52. The summed E-state index contributed by atoms with van der Waals surface area (Å²) in [7, 11) is 0. The molecular weight excluding hydrogens is 376 g/mol. The summed E-state index contributed by atoms with van der Waals surface area (Å²) >= 11 is 0. The van der Waals surface area contributed by atoms with Gasteiger partial charge in [-0.15, -0.1) is 0 Å². The number of azide groups is 1. The van der Waals surface area contributed by atoms with Crippen molar-refractivity contribution in [3.63, 3.8) is 0 Å². The smallest absolute Gasteiger partial charge is 0.323 e. The number of carbonyl (C=O) groups excluding carboxylic acids is 3. The van der Waals surface area contributed by atoms with Crippen LogP contribution in [0.2, 0.25) is 0 Å². The van der Waals surface area contributed by atoms with Gasteiger partial charge >= 0.3 is 5.97 Å². The number of carbonyl (C=O) groups is 3. The van der Waals surface area contributed by atoms with Crippen molar-refractivity contribution in [3.8, 4) is 0 Å². The van der Waals surface area contributed by atoms with Crippen molar-refractivity contribution in [2.24, 2.45) is 5.11 Å². The van der Waals surface area contributed by atoms with Gasteiger partial charge in [0.2, 0.25) is 5.91 Å². The van der Waals surface area contributed by atoms with Crippen LogP contribution in [0.4, 0.5) is 0 Å². The van der Waals surface area contributed by atoms with E-state index in [1.807, 2.05) is 12.1 Å². The van der Waals surface area contributed by atoms with E-state index in [4.69, 9.17) is 10.8 Å². The summed E-state index contributed by atoms with van der Waals surface area (Å²) < 4.78 is 0. The lowest BCUT2D eigenvalue weighted by Crippen LogP contribution is -2.69. The van der Waals surface area contributed by atoms with Gasteiger partial charge in [0.05, 0.1) is 6.04 Å². The Kier molecular flexibility index (Phi) is 6.23. The van der Waals surface area contributed by atoms with Crippen molar-refractivity contribution < 1.29 is 24.5 Å². The average molecular weight is 394 g/mol. The van der Waals surface area contributed by atoms with Gasteiger partial charge in [-0.1, -0.05) is 65.8 Å². The summed E-state index contributed by atoms with van der Waals surface area (Å²) in [4.78, 5) is 44.4. The van der Waals surface area contributed by atoms with E-state index in [0.717, 1.165) is 4.90 Å². The minimum absolute atomic E-state index is 0.124. The molecule has 9 nitrogen and oxygen atoms in total. The highest BCUT2D eigenvalue weighted by molar-refractivity contribution is 5.95. The van der Waals surface area contributed by atoms with Gasteiger partial charge in [0, 0.05) is 17.3 Å². The van der Waals surface area contributed by atoms with Gasteiger partial charge in [-0.2, -0.15) is 5.26 Å². The first-order valence-electron chi connectivity index (χ1n) is 8.89. The molecule has 3 atom stereocenters. The summed E-state index contributed by atoms with van der Waals surface area (Å²) in [5.41, 5.74) is 10.1. The molecule has 0 radical (unpaired) electrons. The number of hydrogen-bond acceptors (Lipinski definition) is 6. The van der Waals surface area contributed by atoms with Crippen molar-refractivity contribution in [2.75, 3.05) is 0 Å². The third-order valence-corrected chi connectivity index (χ3v) is 5.01. The number of amides is 1. The molecule has 2 aromatic rings. The standard InChI is InChI=1S/C20H18N4O5/c21-23-22-17-15(11-12-25)24(19(17)26)18(20(27)29-28)16(13-7-3-1-4-8-13)14-9-5-2-6-10-14/h1-10,12,15-18,28H,11H2/t15-,17+,18?/m1/s1. The van der Waals surface area contributed by atoms with Gasteiger partial charge in [-0.05, 0) is 16.7 Å². The predicted molar refractivity (Wildman–Crippen MR) is 101 cm³/mol. The van der Waals surface area contributed by atoms with Crippen LogP contribution in [-0.2, 0) is 19.3 Å². The molecule has 1 amide bonds. The quantitative estimate of drug-likeness (QED) is 0.140. The number of hydrogen-bond donors (Lipinski definition) is 1. The molecule has 1 unspecified atom stereocenters. The zero-order valence-corrected chi connectivity index (χ0v) is 15.2. The van der Waals surface area contributed by atoms with E-state index in [2.05, 4.69) is 14.9 Å². The zero-order chi connectivity index (χ0) is 20.8. The number of benzene rings is 2. The maximum absolute atomic E-state index is 12.7. The predicted octanol–water partition coefficient (Wildman–Crippen LogP) is 2.68. The summed E-state index contributed by atoms with van der Waals surface area (Å²) in [6.07, 6.45) is 0.465. The Morgan fingerprint density at radius 3 is 2.17 bits per heavy atom. The molecule has 9 heteroatoms. The van der Waals surface area contributed by atoms with Crippen LogP contribution in [0.5, 0.6) is 0 Å². The molecule has 29 heavy (non-hydrogen) atoms. The lowest BCUT2D eigenvalue weighted by atomic mass is 9.80. The monoisotopic (exact) mass is 394 g/mol. The molecule has 1 N–H and O–H groups in total. The van der Waals surface area contributed by atoms with Gasteiger partial charge in [-0.25, -0.2) is 4.79 Å². The lowest BCUT2D eigenvalue weighted by Gasteiger charge is -2.49. The fourth-order valence-electron chi connectivity index (χ4n) is 3.76. The van der Waals surface area contributed by atoms with E-state index in [0.29, 0.717) is 17.4 Å². The molecule has 0 spiro atoms. The number of likely N-dealkylation sites (tertiary alicyclic amines) is 1. The Bertz CT molecular complexity index is 891. The molecule has 148 valence electrons. The molecule has 1 aliphatic rings. The van der Waals surface area contributed by atoms with E-state index < -0.39 is 35.9 Å². The van der Waals surface area contributed by atoms with Crippen LogP contribution < -0.4 is 0 Å². The van der Waals surface area contributed by atoms with E-state index in [-0.39, 0.29) is 6.42 Å². The normalized spacial score (nSPS) is 19.1. The first-order valence-corrected chi connectivity index (χ1v) is 8.89. The van der Waals surface area contributed by atoms with Crippen LogP contribution in [0.15, 0.2) is 65.8 Å². The number of nitrogens with zero attached hydrogens (tertiary/aromatic N) is 4. The number of β-lactam (4-membered cyclic amide) rings is 1. The Balaban J connectivity index is 2.12. The van der Waals surface area contributed by atoms with Gasteiger partial charge in [0.15, 0.2) is 0 Å². The van der Waals surface area contributed by atoms with Crippen LogP contribution in [-0.4, -0.2) is 46.4 Å². The molecule has 1 saturated heterocycles. The van der Waals surface area contributed by atoms with Crippen molar-refractivity contribution in [1.82, 2.24) is 4.90 Å². The first-order chi connectivity index (χ1) is 14.1. The molecule has 0 aliphatic carbocycles. The Labute approximate surface area is 166 Å². The maximum Gasteiger partial charge on any atom is 0.365 e. The third-order valence-electron chi connectivity index (χ3n) is 5.01. The third kappa shape index (κ3) is 3.82. The van der Waals surface area contributed by atoms with E-state index in [1.54, 1.807) is 48.5 Å². The molecular formula is C20H18N4O5. The first kappa shape index (κ1) is 20.1. The lowest BCUT2D eigenvalue weighted by molar-refractivity contribution is -0.242. The van der Waals surface area contributed by atoms with Gasteiger partial charge < -0.3 is 9.69 Å². The molecule has 0 bridgehead atoms. The minimum Gasteiger partial charge on any atom is -0.323 e. The molecule has 1 fully saturated rings. The van der Waals surface area contributed by atoms with Crippen molar-refractivity contribution in [2.45, 2.75) is 30.5 Å². The largest absolute Gasteiger partial charge is 0.365 e. The van der Waals surface area contributed by atoms with Crippen LogP contribution in [0, 0.1) is 0 Å². The zero-order valence-electron chi connectivity index (χ0n) is 15.2. The Morgan fingerprint density at radius 2 is 1.72 bits per heavy atom. The summed E-state index contributed by atoms with van der Waals surface area (Å²) in [6.45, 7) is 0. The number of rotatable bonds is 8. The maximum atomic E-state index is 12.7. The van der Waals surface area contributed by atoms with Crippen LogP contribution in [0.3, 0.4) is 0 Å². The highest BCUT2D eigenvalue weighted by atomic mass is 17.1. The van der Waals surface area contributed by atoms with Crippen LogP contribution in [0.1, 0.15) is 23.5 Å². The fraction of sp³-hybridized carbons (Fsp3) is 0.250. The van der Waals surface area contributed by atoms with Crippen molar-refractivity contribution in [3.05, 3.63) is 82.2 Å². The fourth-order valence-corrected chi connectivity index (χ4v) is 3.76. The summed E-state index contributed by atoms with van der Waals surface area (Å²) in [5, 5.41) is 12.6. The summed E-state index contributed by atoms with van der Waals surface area (Å²) in [5.74, 6) is -2.34. The van der Waals surface area contributed by atoms with Crippen LogP contribution >= 0.6 is 0 Å². The van der Waals surface area contributed by atoms with Gasteiger partial charge in [0.25, 0.3) is 0 Å². The molecule has 1 heterocycles. The Morgan fingerprint density at radius 1 is 1.17 bits per heavy atom. The molecule has 1 aliphatic heterocycles. The molecule has 3 rings (SSSR count). The van der Waals surface area contributed by atoms with Crippen molar-refractivity contribution in [1.29, 1.82) is 0 Å². The van der Waals surface area contributed by atoms with E-state index >= 15 is 0 Å². The molecule has 2 aromatic carbocycles. The second kappa shape index (κ2) is 9.01. The minimum atomic E-state index is -1.26. The topological polar surface area (TPSA) is 133 Å². The number of aldehydes is 1. The van der Waals surface area contributed by atoms with Gasteiger partial charge in [0.1, 0.15) is 18.4 Å². The van der Waals surface area contributed by atoms with Gasteiger partial charge in [-0.3, -0.25) is 9.68 Å². The molecule has 0 saturated carbocycles. The Hall–Kier alpha value is -3.68. The van der Waals surface area contributed by atoms with E-state index in [1.165, 1.54) is 0 Å². The van der Waals surface area contributed by atoms with E-state index in [9.17, 15) is 14.4 Å². The van der Waals surface area contributed by atoms with Crippen LogP contribution in [0.25, 0.3) is 10.4 Å². The average Bonchev–Trinajstić information content (AvgIpc) is 2.77.